The summed E-state index contributed by atoms with van der Waals surface area (Å²) in [4.78, 5) is 18.4. The third kappa shape index (κ3) is 4.18. The Hall–Kier alpha value is -2.17. The van der Waals surface area contributed by atoms with Gasteiger partial charge in [-0.3, -0.25) is 4.79 Å². The van der Waals surface area contributed by atoms with Crippen molar-refractivity contribution in [2.24, 2.45) is 0 Å². The van der Waals surface area contributed by atoms with Crippen LogP contribution >= 0.6 is 0 Å². The summed E-state index contributed by atoms with van der Waals surface area (Å²) in [5, 5.41) is 0. The lowest BCUT2D eigenvalue weighted by molar-refractivity contribution is -0.131. The van der Waals surface area contributed by atoms with E-state index in [1.807, 2.05) is 4.90 Å². The highest BCUT2D eigenvalue weighted by molar-refractivity contribution is 5.76. The maximum absolute atomic E-state index is 12.9. The highest BCUT2D eigenvalue weighted by Gasteiger charge is 2.16. The van der Waals surface area contributed by atoms with E-state index in [0.29, 0.717) is 24.5 Å². The van der Waals surface area contributed by atoms with Crippen LogP contribution in [0.5, 0.6) is 0 Å². The molecular weight excluding hydrogens is 295 g/mol. The van der Waals surface area contributed by atoms with Crippen LogP contribution in [0.1, 0.15) is 38.0 Å². The number of aromatic nitrogens is 1. The van der Waals surface area contributed by atoms with Crippen molar-refractivity contribution in [1.82, 2.24) is 9.88 Å². The molecule has 1 aliphatic rings. The lowest BCUT2D eigenvalue weighted by atomic mass is 10.2. The molecule has 3 rings (SSSR count). The van der Waals surface area contributed by atoms with Crippen molar-refractivity contribution in [3.63, 3.8) is 0 Å². The fraction of sp³-hybridized carbons (Fsp3) is 0.444. The molecule has 0 spiro atoms. The Morgan fingerprint density at radius 3 is 2.52 bits per heavy atom. The molecule has 2 heterocycles. The second-order valence-corrected chi connectivity index (χ2v) is 5.92. The summed E-state index contributed by atoms with van der Waals surface area (Å²) in [6, 6.07) is 6.09. The minimum Gasteiger partial charge on any atom is -0.441 e. The van der Waals surface area contributed by atoms with Gasteiger partial charge in [-0.2, -0.15) is 0 Å². The monoisotopic (exact) mass is 316 g/mol. The van der Waals surface area contributed by atoms with Gasteiger partial charge in [0.25, 0.3) is 0 Å². The smallest absolute Gasteiger partial charge is 0.223 e. The van der Waals surface area contributed by atoms with Gasteiger partial charge in [0.2, 0.25) is 5.91 Å². The van der Waals surface area contributed by atoms with Gasteiger partial charge in [-0.25, -0.2) is 9.37 Å². The van der Waals surface area contributed by atoms with Gasteiger partial charge < -0.3 is 9.32 Å². The average molecular weight is 316 g/mol. The van der Waals surface area contributed by atoms with Crippen LogP contribution in [-0.4, -0.2) is 28.9 Å². The number of hydrogen-bond acceptors (Lipinski definition) is 3. The number of hydrogen-bond donors (Lipinski definition) is 0. The molecule has 122 valence electrons. The van der Waals surface area contributed by atoms with E-state index in [9.17, 15) is 9.18 Å². The first-order chi connectivity index (χ1) is 11.2. The maximum Gasteiger partial charge on any atom is 0.223 e. The number of carbonyl (C=O) groups is 1. The van der Waals surface area contributed by atoms with E-state index in [1.165, 1.54) is 25.0 Å². The van der Waals surface area contributed by atoms with Crippen LogP contribution in [0.2, 0.25) is 0 Å². The van der Waals surface area contributed by atoms with Gasteiger partial charge >= 0.3 is 0 Å². The molecule has 1 aromatic carbocycles. The van der Waals surface area contributed by atoms with Gasteiger partial charge in [0.05, 0.1) is 6.20 Å². The van der Waals surface area contributed by atoms with Crippen molar-refractivity contribution in [2.75, 3.05) is 13.1 Å². The molecule has 0 aliphatic carbocycles. The van der Waals surface area contributed by atoms with Crippen molar-refractivity contribution in [2.45, 2.75) is 38.5 Å². The van der Waals surface area contributed by atoms with Crippen LogP contribution in [0, 0.1) is 5.82 Å². The summed E-state index contributed by atoms with van der Waals surface area (Å²) in [5.41, 5.74) is 0.781. The highest BCUT2D eigenvalue weighted by atomic mass is 19.1. The van der Waals surface area contributed by atoms with Crippen molar-refractivity contribution in [3.8, 4) is 11.3 Å². The van der Waals surface area contributed by atoms with Crippen LogP contribution in [0.25, 0.3) is 11.3 Å². The summed E-state index contributed by atoms with van der Waals surface area (Å²) >= 11 is 0. The number of likely N-dealkylation sites (tertiary alicyclic amines) is 1. The van der Waals surface area contributed by atoms with Crippen LogP contribution in [-0.2, 0) is 11.2 Å². The number of amides is 1. The molecular formula is C18H21FN2O2. The Morgan fingerprint density at radius 2 is 1.83 bits per heavy atom. The third-order valence-corrected chi connectivity index (χ3v) is 4.19. The van der Waals surface area contributed by atoms with Crippen molar-refractivity contribution >= 4 is 5.91 Å². The average Bonchev–Trinajstić information content (AvgIpc) is 2.86. The minimum atomic E-state index is -0.281. The molecule has 2 aromatic rings. The van der Waals surface area contributed by atoms with E-state index in [1.54, 1.807) is 18.3 Å². The zero-order valence-electron chi connectivity index (χ0n) is 13.1. The Bertz CT molecular complexity index is 643. The first-order valence-corrected chi connectivity index (χ1v) is 8.21. The Kier molecular flexibility index (Phi) is 5.05. The van der Waals surface area contributed by atoms with Gasteiger partial charge in [-0.05, 0) is 37.1 Å². The van der Waals surface area contributed by atoms with Gasteiger partial charge in [0.15, 0.2) is 11.7 Å². The van der Waals surface area contributed by atoms with E-state index in [-0.39, 0.29) is 11.7 Å². The van der Waals surface area contributed by atoms with E-state index >= 15 is 0 Å². The Balaban J connectivity index is 1.56. The molecule has 5 heteroatoms. The largest absolute Gasteiger partial charge is 0.441 e. The topological polar surface area (TPSA) is 46.3 Å². The molecule has 1 fully saturated rings. The van der Waals surface area contributed by atoms with E-state index in [0.717, 1.165) is 31.5 Å². The zero-order chi connectivity index (χ0) is 16.1. The summed E-state index contributed by atoms with van der Waals surface area (Å²) in [6.07, 6.45) is 7.16. The van der Waals surface area contributed by atoms with Gasteiger partial charge in [-0.1, -0.05) is 12.8 Å². The summed E-state index contributed by atoms with van der Waals surface area (Å²) in [5.74, 6) is 1.04. The second-order valence-electron chi connectivity index (χ2n) is 5.92. The molecule has 1 amide bonds. The number of nitrogens with zero attached hydrogens (tertiary/aromatic N) is 2. The van der Waals surface area contributed by atoms with Gasteiger partial charge in [0.1, 0.15) is 5.82 Å². The molecule has 0 unspecified atom stereocenters. The molecule has 4 nitrogen and oxygen atoms in total. The number of halogens is 1. The molecule has 1 aliphatic heterocycles. The third-order valence-electron chi connectivity index (χ3n) is 4.19. The number of carbonyl (C=O) groups excluding carboxylic acids is 1. The van der Waals surface area contributed by atoms with E-state index in [4.69, 9.17) is 4.42 Å². The minimum absolute atomic E-state index is 0.174. The fourth-order valence-electron chi connectivity index (χ4n) is 2.87. The van der Waals surface area contributed by atoms with Crippen molar-refractivity contribution < 1.29 is 13.6 Å². The summed E-state index contributed by atoms with van der Waals surface area (Å²) in [6.45, 7) is 1.73. The molecule has 0 bridgehead atoms. The number of aryl methyl sites for hydroxylation is 1. The molecule has 0 saturated carbocycles. The Labute approximate surface area is 135 Å². The SMILES string of the molecule is O=C(CCc1ncc(-c2ccc(F)cc2)o1)N1CCCCCC1. The quantitative estimate of drug-likeness (QED) is 0.861. The molecule has 1 aromatic heterocycles. The normalized spacial score (nSPS) is 15.4. The fourth-order valence-corrected chi connectivity index (χ4v) is 2.87. The summed E-state index contributed by atoms with van der Waals surface area (Å²) in [7, 11) is 0. The molecule has 0 atom stereocenters. The number of benzene rings is 1. The van der Waals surface area contributed by atoms with E-state index < -0.39 is 0 Å². The van der Waals surface area contributed by atoms with Crippen LogP contribution in [0.3, 0.4) is 0 Å². The zero-order valence-corrected chi connectivity index (χ0v) is 13.1. The Morgan fingerprint density at radius 1 is 1.13 bits per heavy atom. The van der Waals surface area contributed by atoms with Crippen molar-refractivity contribution in [1.29, 1.82) is 0 Å². The van der Waals surface area contributed by atoms with Crippen LogP contribution in [0.15, 0.2) is 34.9 Å². The van der Waals surface area contributed by atoms with Gasteiger partial charge in [0, 0.05) is 31.5 Å². The number of rotatable bonds is 4. The molecule has 0 radical (unpaired) electrons. The predicted molar refractivity (Wildman–Crippen MR) is 85.3 cm³/mol. The molecule has 1 saturated heterocycles. The molecule has 0 N–H and O–H groups in total. The number of oxazole rings is 1. The second kappa shape index (κ2) is 7.40. The molecule has 23 heavy (non-hydrogen) atoms. The summed E-state index contributed by atoms with van der Waals surface area (Å²) < 4.78 is 18.6. The first-order valence-electron chi connectivity index (χ1n) is 8.21. The van der Waals surface area contributed by atoms with Gasteiger partial charge in [-0.15, -0.1) is 0 Å². The predicted octanol–water partition coefficient (Wildman–Crippen LogP) is 3.82. The van der Waals surface area contributed by atoms with Crippen LogP contribution in [0.4, 0.5) is 4.39 Å². The first kappa shape index (κ1) is 15.7. The van der Waals surface area contributed by atoms with Crippen molar-refractivity contribution in [3.05, 3.63) is 42.2 Å². The lowest BCUT2D eigenvalue weighted by Crippen LogP contribution is -2.31. The van der Waals surface area contributed by atoms with E-state index in [2.05, 4.69) is 4.98 Å². The van der Waals surface area contributed by atoms with Crippen LogP contribution < -0.4 is 0 Å². The highest BCUT2D eigenvalue weighted by Crippen LogP contribution is 2.21. The lowest BCUT2D eigenvalue weighted by Gasteiger charge is -2.19. The maximum atomic E-state index is 12.9. The standard InChI is InChI=1S/C18H21FN2O2/c19-15-7-5-14(6-8-15)16-13-20-17(23-16)9-10-18(22)21-11-3-1-2-4-12-21/h5-8,13H,1-4,9-12H2.